The molecular weight excluding hydrogens is 444 g/mol. The average Bonchev–Trinajstić information content (AvgIpc) is 2.87. The standard InChI is InChI=1S/C28H30N2O3S/c1-20-13-15-23(16-14-20)34(32,33)30-19-24-27(17-26(30)22-11-7-4-8-12-22)29(2)25(18-28(24)31)21-9-5-3-6-10-21/h3-16,24-27H,17-19H2,1-2H3/t24-,25+,26+,27+/m1/s1. The Morgan fingerprint density at radius 3 is 1.94 bits per heavy atom. The summed E-state index contributed by atoms with van der Waals surface area (Å²) in [6, 6.07) is 26.6. The third-order valence-electron chi connectivity index (χ3n) is 7.47. The van der Waals surface area contributed by atoms with Gasteiger partial charge in [0.05, 0.1) is 10.9 Å². The maximum Gasteiger partial charge on any atom is 0.243 e. The third kappa shape index (κ3) is 4.11. The minimum absolute atomic E-state index is 0.00614. The third-order valence-corrected chi connectivity index (χ3v) is 9.36. The molecule has 0 radical (unpaired) electrons. The van der Waals surface area contributed by atoms with Crippen LogP contribution in [0.3, 0.4) is 0 Å². The Hall–Kier alpha value is -2.80. The second-order valence-corrected chi connectivity index (χ2v) is 11.4. The number of fused-ring (bicyclic) bond motifs is 1. The molecule has 0 aliphatic carbocycles. The highest BCUT2D eigenvalue weighted by molar-refractivity contribution is 7.89. The minimum atomic E-state index is -3.77. The van der Waals surface area contributed by atoms with Gasteiger partial charge < -0.3 is 0 Å². The number of Topliss-reactive ketones (excluding diaryl/α,β-unsaturated/α-hetero) is 1. The molecule has 176 valence electrons. The molecule has 0 unspecified atom stereocenters. The first-order valence-electron chi connectivity index (χ1n) is 11.8. The van der Waals surface area contributed by atoms with Gasteiger partial charge in [0.15, 0.2) is 0 Å². The van der Waals surface area contributed by atoms with Crippen LogP contribution in [0.1, 0.15) is 41.6 Å². The Balaban J connectivity index is 1.54. The molecule has 6 heteroatoms. The van der Waals surface area contributed by atoms with Gasteiger partial charge in [0.1, 0.15) is 5.78 Å². The van der Waals surface area contributed by atoms with E-state index < -0.39 is 10.0 Å². The topological polar surface area (TPSA) is 57.7 Å². The zero-order chi connectivity index (χ0) is 23.9. The number of sulfonamides is 1. The summed E-state index contributed by atoms with van der Waals surface area (Å²) in [7, 11) is -1.69. The average molecular weight is 475 g/mol. The molecule has 2 fully saturated rings. The molecule has 0 saturated carbocycles. The number of hydrogen-bond donors (Lipinski definition) is 0. The van der Waals surface area contributed by atoms with Crippen LogP contribution in [-0.2, 0) is 14.8 Å². The number of hydrogen-bond acceptors (Lipinski definition) is 4. The molecule has 0 aromatic heterocycles. The Labute approximate surface area is 202 Å². The molecule has 3 aromatic carbocycles. The van der Waals surface area contributed by atoms with Crippen molar-refractivity contribution in [2.24, 2.45) is 5.92 Å². The van der Waals surface area contributed by atoms with Crippen LogP contribution in [0.15, 0.2) is 89.8 Å². The van der Waals surface area contributed by atoms with Crippen LogP contribution in [-0.4, -0.2) is 43.0 Å². The Bertz CT molecular complexity index is 1260. The van der Waals surface area contributed by atoms with Crippen LogP contribution in [0.2, 0.25) is 0 Å². The summed E-state index contributed by atoms with van der Waals surface area (Å²) in [6.45, 7) is 2.14. The summed E-state index contributed by atoms with van der Waals surface area (Å²) in [6.07, 6.45) is 0.974. The zero-order valence-corrected chi connectivity index (χ0v) is 20.4. The van der Waals surface area contributed by atoms with Gasteiger partial charge in [-0.15, -0.1) is 0 Å². The number of piperidine rings is 2. The van der Waals surface area contributed by atoms with Gasteiger partial charge in [-0.25, -0.2) is 8.42 Å². The number of benzene rings is 3. The van der Waals surface area contributed by atoms with Gasteiger partial charge in [0.2, 0.25) is 10.0 Å². The van der Waals surface area contributed by atoms with Crippen LogP contribution in [0.5, 0.6) is 0 Å². The van der Waals surface area contributed by atoms with Crippen LogP contribution in [0.25, 0.3) is 0 Å². The number of rotatable bonds is 4. The van der Waals surface area contributed by atoms with Gasteiger partial charge in [-0.2, -0.15) is 4.31 Å². The first-order chi connectivity index (χ1) is 16.4. The fraction of sp³-hybridized carbons (Fsp3) is 0.321. The molecule has 2 heterocycles. The maximum absolute atomic E-state index is 13.8. The molecule has 4 atom stereocenters. The van der Waals surface area contributed by atoms with Gasteiger partial charge in [0, 0.05) is 31.0 Å². The number of nitrogens with zero attached hydrogens (tertiary/aromatic N) is 2. The molecule has 0 spiro atoms. The van der Waals surface area contributed by atoms with E-state index in [1.165, 1.54) is 0 Å². The van der Waals surface area contributed by atoms with Crippen molar-refractivity contribution in [1.29, 1.82) is 0 Å². The quantitative estimate of drug-likeness (QED) is 0.547. The Morgan fingerprint density at radius 2 is 1.35 bits per heavy atom. The summed E-state index contributed by atoms with van der Waals surface area (Å²) >= 11 is 0. The van der Waals surface area contributed by atoms with E-state index in [0.717, 1.165) is 16.7 Å². The largest absolute Gasteiger partial charge is 0.299 e. The van der Waals surface area contributed by atoms with E-state index >= 15 is 0 Å². The molecule has 3 aromatic rings. The summed E-state index contributed by atoms with van der Waals surface area (Å²) in [5.74, 6) is -0.197. The predicted octanol–water partition coefficient (Wildman–Crippen LogP) is 4.76. The monoisotopic (exact) mass is 474 g/mol. The van der Waals surface area contributed by atoms with E-state index in [0.29, 0.717) is 12.8 Å². The Kier molecular flexibility index (Phi) is 6.15. The lowest BCUT2D eigenvalue weighted by Gasteiger charge is -2.51. The van der Waals surface area contributed by atoms with E-state index in [1.54, 1.807) is 16.4 Å². The minimum Gasteiger partial charge on any atom is -0.299 e. The zero-order valence-electron chi connectivity index (χ0n) is 19.5. The summed E-state index contributed by atoms with van der Waals surface area (Å²) in [5.41, 5.74) is 3.09. The number of ketones is 1. The second-order valence-electron chi connectivity index (χ2n) is 9.49. The number of aryl methyl sites for hydroxylation is 1. The maximum atomic E-state index is 13.8. The number of carbonyl (C=O) groups excluding carboxylic acids is 1. The molecule has 0 N–H and O–H groups in total. The van der Waals surface area contributed by atoms with Gasteiger partial charge in [-0.1, -0.05) is 78.4 Å². The molecule has 34 heavy (non-hydrogen) atoms. The highest BCUT2D eigenvalue weighted by atomic mass is 32.2. The molecule has 5 nitrogen and oxygen atoms in total. The van der Waals surface area contributed by atoms with Crippen LogP contribution >= 0.6 is 0 Å². The second kappa shape index (κ2) is 9.10. The van der Waals surface area contributed by atoms with Crippen molar-refractivity contribution in [2.75, 3.05) is 13.6 Å². The molecule has 0 bridgehead atoms. The van der Waals surface area contributed by atoms with Gasteiger partial charge >= 0.3 is 0 Å². The van der Waals surface area contributed by atoms with Crippen molar-refractivity contribution >= 4 is 15.8 Å². The van der Waals surface area contributed by atoms with Crippen molar-refractivity contribution in [3.63, 3.8) is 0 Å². The number of likely N-dealkylation sites (tertiary alicyclic amines) is 1. The lowest BCUT2D eigenvalue weighted by atomic mass is 9.76. The molecule has 5 rings (SSSR count). The van der Waals surface area contributed by atoms with Crippen molar-refractivity contribution in [1.82, 2.24) is 9.21 Å². The smallest absolute Gasteiger partial charge is 0.243 e. The van der Waals surface area contributed by atoms with Crippen molar-refractivity contribution < 1.29 is 13.2 Å². The summed E-state index contributed by atoms with van der Waals surface area (Å²) < 4.78 is 29.2. The highest BCUT2D eigenvalue weighted by Gasteiger charge is 2.49. The lowest BCUT2D eigenvalue weighted by Crippen LogP contribution is -2.58. The van der Waals surface area contributed by atoms with Gasteiger partial charge in [-0.3, -0.25) is 9.69 Å². The fourth-order valence-electron chi connectivity index (χ4n) is 5.55. The molecular formula is C28H30N2O3S. The van der Waals surface area contributed by atoms with E-state index in [1.807, 2.05) is 67.6 Å². The van der Waals surface area contributed by atoms with Crippen LogP contribution in [0.4, 0.5) is 0 Å². The number of carbonyl (C=O) groups is 1. The Morgan fingerprint density at radius 1 is 0.794 bits per heavy atom. The normalized spacial score (nSPS) is 26.2. The molecule has 0 amide bonds. The van der Waals surface area contributed by atoms with Crippen molar-refractivity contribution in [2.45, 2.75) is 42.8 Å². The van der Waals surface area contributed by atoms with Gasteiger partial charge in [0.25, 0.3) is 0 Å². The van der Waals surface area contributed by atoms with Crippen molar-refractivity contribution in [3.05, 3.63) is 102 Å². The first kappa shape index (κ1) is 23.0. The predicted molar refractivity (Wildman–Crippen MR) is 133 cm³/mol. The summed E-state index contributed by atoms with van der Waals surface area (Å²) in [4.78, 5) is 16.0. The molecule has 2 aliphatic rings. The molecule has 2 aliphatic heterocycles. The van der Waals surface area contributed by atoms with Crippen LogP contribution < -0.4 is 0 Å². The van der Waals surface area contributed by atoms with Crippen LogP contribution in [0, 0.1) is 12.8 Å². The molecule has 2 saturated heterocycles. The van der Waals surface area contributed by atoms with E-state index in [2.05, 4.69) is 24.1 Å². The van der Waals surface area contributed by atoms with Crippen molar-refractivity contribution in [3.8, 4) is 0 Å². The SMILES string of the molecule is Cc1ccc(S(=O)(=O)N2C[C@H]3C(=O)C[C@@H](c4ccccc4)N(C)[C@H]3C[C@H]2c2ccccc2)cc1. The highest BCUT2D eigenvalue weighted by Crippen LogP contribution is 2.45. The van der Waals surface area contributed by atoms with E-state index in [9.17, 15) is 13.2 Å². The van der Waals surface area contributed by atoms with Gasteiger partial charge in [-0.05, 0) is 43.7 Å². The summed E-state index contributed by atoms with van der Waals surface area (Å²) in [5, 5.41) is 0. The van der Waals surface area contributed by atoms with E-state index in [4.69, 9.17) is 0 Å². The lowest BCUT2D eigenvalue weighted by molar-refractivity contribution is -0.134. The fourth-order valence-corrected chi connectivity index (χ4v) is 7.20. The first-order valence-corrected chi connectivity index (χ1v) is 13.2. The van der Waals surface area contributed by atoms with E-state index in [-0.39, 0.29) is 41.3 Å².